The van der Waals surface area contributed by atoms with Crippen LogP contribution in [0.5, 0.6) is 5.75 Å². The molecule has 1 aromatic rings. The summed E-state index contributed by atoms with van der Waals surface area (Å²) in [5.41, 5.74) is 6.98. The van der Waals surface area contributed by atoms with Crippen molar-refractivity contribution in [1.29, 1.82) is 0 Å². The van der Waals surface area contributed by atoms with Crippen molar-refractivity contribution in [3.63, 3.8) is 0 Å². The number of hydrogen-bond acceptors (Lipinski definition) is 4. The highest BCUT2D eigenvalue weighted by Crippen LogP contribution is 2.25. The lowest BCUT2D eigenvalue weighted by Crippen LogP contribution is -2.32. The number of rotatable bonds is 5. The average molecular weight is 279 g/mol. The van der Waals surface area contributed by atoms with E-state index < -0.39 is 6.04 Å². The molecule has 0 saturated heterocycles. The van der Waals surface area contributed by atoms with Gasteiger partial charge in [0.1, 0.15) is 5.75 Å². The highest BCUT2D eigenvalue weighted by molar-refractivity contribution is 5.95. The van der Waals surface area contributed by atoms with Gasteiger partial charge < -0.3 is 20.7 Å². The number of benzene rings is 1. The molecule has 0 spiro atoms. The second kappa shape index (κ2) is 6.91. The minimum Gasteiger partial charge on any atom is -0.482 e. The zero-order valence-corrected chi connectivity index (χ0v) is 12.3. The molecule has 3 N–H and O–H groups in total. The zero-order valence-electron chi connectivity index (χ0n) is 12.3. The smallest absolute Gasteiger partial charge is 0.259 e. The van der Waals surface area contributed by atoms with Gasteiger partial charge in [-0.05, 0) is 31.5 Å². The minimum atomic E-state index is -0.618. The molecule has 0 fully saturated rings. The number of likely N-dealkylation sites (N-methyl/N-ethyl adjacent to an activating group) is 1. The van der Waals surface area contributed by atoms with Gasteiger partial charge in [-0.1, -0.05) is 6.07 Å². The second-order valence-corrected chi connectivity index (χ2v) is 4.85. The predicted molar refractivity (Wildman–Crippen MR) is 77.6 cm³/mol. The van der Waals surface area contributed by atoms with Crippen molar-refractivity contribution >= 4 is 17.5 Å². The number of aryl methyl sites for hydroxylation is 1. The quantitative estimate of drug-likeness (QED) is 0.833. The van der Waals surface area contributed by atoms with E-state index in [2.05, 4.69) is 5.32 Å². The van der Waals surface area contributed by atoms with Crippen LogP contribution in [0.15, 0.2) is 18.2 Å². The van der Waals surface area contributed by atoms with Crippen molar-refractivity contribution in [3.8, 4) is 5.75 Å². The van der Waals surface area contributed by atoms with E-state index in [1.165, 1.54) is 4.90 Å². The molecule has 0 unspecified atom stereocenters. The van der Waals surface area contributed by atoms with Crippen LogP contribution in [-0.2, 0) is 9.59 Å². The fraction of sp³-hybridized carbons (Fsp3) is 0.429. The Bertz CT molecular complexity index is 498. The molecule has 0 aromatic heterocycles. The lowest BCUT2D eigenvalue weighted by molar-refractivity contribution is -0.130. The van der Waals surface area contributed by atoms with Crippen LogP contribution < -0.4 is 15.8 Å². The third-order valence-electron chi connectivity index (χ3n) is 2.66. The maximum atomic E-state index is 11.6. The number of ether oxygens (including phenoxy) is 1. The number of nitrogens with zero attached hydrogens (tertiary/aromatic N) is 1. The van der Waals surface area contributed by atoms with Crippen LogP contribution in [0.25, 0.3) is 0 Å². The van der Waals surface area contributed by atoms with Crippen molar-refractivity contribution in [1.82, 2.24) is 4.90 Å². The summed E-state index contributed by atoms with van der Waals surface area (Å²) in [6.07, 6.45) is 0. The summed E-state index contributed by atoms with van der Waals surface area (Å²) in [6.45, 7) is 3.41. The van der Waals surface area contributed by atoms with Gasteiger partial charge in [0.2, 0.25) is 5.91 Å². The molecule has 0 radical (unpaired) electrons. The lowest BCUT2D eigenvalue weighted by Gasteiger charge is -2.16. The SMILES string of the molecule is Cc1ccc(NC(=O)[C@H](C)N)c(OCC(=O)N(C)C)c1. The summed E-state index contributed by atoms with van der Waals surface area (Å²) >= 11 is 0. The summed E-state index contributed by atoms with van der Waals surface area (Å²) in [6, 6.07) is 4.72. The van der Waals surface area contributed by atoms with Gasteiger partial charge in [0.15, 0.2) is 6.61 Å². The van der Waals surface area contributed by atoms with E-state index in [1.54, 1.807) is 33.2 Å². The Balaban J connectivity index is 2.85. The van der Waals surface area contributed by atoms with Gasteiger partial charge in [-0.2, -0.15) is 0 Å². The third-order valence-corrected chi connectivity index (χ3v) is 2.66. The van der Waals surface area contributed by atoms with Crippen LogP contribution >= 0.6 is 0 Å². The minimum absolute atomic E-state index is 0.0858. The van der Waals surface area contributed by atoms with E-state index in [0.29, 0.717) is 11.4 Å². The van der Waals surface area contributed by atoms with Gasteiger partial charge in [-0.25, -0.2) is 0 Å². The zero-order chi connectivity index (χ0) is 15.3. The molecule has 1 atom stereocenters. The number of carbonyl (C=O) groups is 2. The highest BCUT2D eigenvalue weighted by Gasteiger charge is 2.13. The normalized spacial score (nSPS) is 11.7. The maximum absolute atomic E-state index is 11.6. The van der Waals surface area contributed by atoms with Crippen LogP contribution in [0.3, 0.4) is 0 Å². The lowest BCUT2D eigenvalue weighted by atomic mass is 10.2. The van der Waals surface area contributed by atoms with Crippen LogP contribution in [0.2, 0.25) is 0 Å². The number of carbonyl (C=O) groups excluding carboxylic acids is 2. The molecule has 6 nitrogen and oxygen atoms in total. The van der Waals surface area contributed by atoms with E-state index in [-0.39, 0.29) is 18.4 Å². The first-order valence-corrected chi connectivity index (χ1v) is 6.31. The Morgan fingerprint density at radius 3 is 2.60 bits per heavy atom. The first-order chi connectivity index (χ1) is 9.31. The van der Waals surface area contributed by atoms with Gasteiger partial charge in [0.05, 0.1) is 11.7 Å². The molecule has 110 valence electrons. The Labute approximate surface area is 118 Å². The van der Waals surface area contributed by atoms with Gasteiger partial charge in [0, 0.05) is 14.1 Å². The summed E-state index contributed by atoms with van der Waals surface area (Å²) in [5, 5.41) is 2.68. The fourth-order valence-corrected chi connectivity index (χ4v) is 1.37. The molecule has 2 amide bonds. The number of nitrogens with two attached hydrogens (primary N) is 1. The topological polar surface area (TPSA) is 84.7 Å². The second-order valence-electron chi connectivity index (χ2n) is 4.85. The number of amides is 2. The van der Waals surface area contributed by atoms with Crippen molar-refractivity contribution < 1.29 is 14.3 Å². The Hall–Kier alpha value is -2.08. The molecule has 0 aliphatic rings. The molecule has 0 bridgehead atoms. The molecular weight excluding hydrogens is 258 g/mol. The Morgan fingerprint density at radius 2 is 2.05 bits per heavy atom. The molecule has 0 saturated carbocycles. The number of hydrogen-bond donors (Lipinski definition) is 2. The predicted octanol–water partition coefficient (Wildman–Crippen LogP) is 0.748. The summed E-state index contributed by atoms with van der Waals surface area (Å²) in [7, 11) is 3.31. The van der Waals surface area contributed by atoms with Crippen molar-refractivity contribution in [2.75, 3.05) is 26.0 Å². The van der Waals surface area contributed by atoms with Crippen molar-refractivity contribution in [3.05, 3.63) is 23.8 Å². The van der Waals surface area contributed by atoms with Crippen LogP contribution in [0, 0.1) is 6.92 Å². The molecular formula is C14H21N3O3. The van der Waals surface area contributed by atoms with E-state index in [4.69, 9.17) is 10.5 Å². The highest BCUT2D eigenvalue weighted by atomic mass is 16.5. The fourth-order valence-electron chi connectivity index (χ4n) is 1.37. The molecule has 1 aromatic carbocycles. The van der Waals surface area contributed by atoms with Gasteiger partial charge in [0.25, 0.3) is 5.91 Å². The summed E-state index contributed by atoms with van der Waals surface area (Å²) < 4.78 is 5.47. The summed E-state index contributed by atoms with van der Waals surface area (Å²) in [5.74, 6) is -0.0113. The monoisotopic (exact) mass is 279 g/mol. The van der Waals surface area contributed by atoms with Crippen molar-refractivity contribution in [2.24, 2.45) is 5.73 Å². The largest absolute Gasteiger partial charge is 0.482 e. The average Bonchev–Trinajstić information content (AvgIpc) is 2.38. The van der Waals surface area contributed by atoms with E-state index >= 15 is 0 Å². The first-order valence-electron chi connectivity index (χ1n) is 6.31. The molecule has 1 rings (SSSR count). The standard InChI is InChI=1S/C14H21N3O3/c1-9-5-6-11(16-14(19)10(2)15)12(7-9)20-8-13(18)17(3)4/h5-7,10H,8,15H2,1-4H3,(H,16,19)/t10-/m0/s1. The molecule has 0 heterocycles. The molecule has 0 aliphatic heterocycles. The Morgan fingerprint density at radius 1 is 1.40 bits per heavy atom. The molecule has 20 heavy (non-hydrogen) atoms. The molecule has 6 heteroatoms. The van der Waals surface area contributed by atoms with E-state index in [0.717, 1.165) is 5.56 Å². The first kappa shape index (κ1) is 16.0. The van der Waals surface area contributed by atoms with E-state index in [1.807, 2.05) is 13.0 Å². The maximum Gasteiger partial charge on any atom is 0.259 e. The molecule has 0 aliphatic carbocycles. The third kappa shape index (κ3) is 4.55. The number of nitrogens with one attached hydrogen (secondary N) is 1. The summed E-state index contributed by atoms with van der Waals surface area (Å²) in [4.78, 5) is 24.6. The van der Waals surface area contributed by atoms with Crippen molar-refractivity contribution in [2.45, 2.75) is 19.9 Å². The van der Waals surface area contributed by atoms with E-state index in [9.17, 15) is 9.59 Å². The Kier molecular flexibility index (Phi) is 5.52. The van der Waals surface area contributed by atoms with Crippen LogP contribution in [-0.4, -0.2) is 43.5 Å². The van der Waals surface area contributed by atoms with Gasteiger partial charge in [-0.3, -0.25) is 9.59 Å². The number of anilines is 1. The van der Waals surface area contributed by atoms with Gasteiger partial charge in [-0.15, -0.1) is 0 Å². The van der Waals surface area contributed by atoms with Gasteiger partial charge >= 0.3 is 0 Å². The van der Waals surface area contributed by atoms with Crippen LogP contribution in [0.4, 0.5) is 5.69 Å². The van der Waals surface area contributed by atoms with Crippen LogP contribution in [0.1, 0.15) is 12.5 Å².